The van der Waals surface area contributed by atoms with E-state index in [9.17, 15) is 9.59 Å². The number of carbonyl (C=O) groups is 2. The van der Waals surface area contributed by atoms with Crippen LogP contribution in [-0.2, 0) is 16.0 Å². The van der Waals surface area contributed by atoms with Crippen molar-refractivity contribution in [1.29, 1.82) is 0 Å². The Bertz CT molecular complexity index is 1070. The maximum absolute atomic E-state index is 12.9. The van der Waals surface area contributed by atoms with Crippen LogP contribution < -0.4 is 20.3 Å². The Morgan fingerprint density at radius 2 is 1.74 bits per heavy atom. The molecule has 8 nitrogen and oxygen atoms in total. The maximum atomic E-state index is 12.9. The van der Waals surface area contributed by atoms with Gasteiger partial charge in [0.25, 0.3) is 0 Å². The molecule has 4 rings (SSSR count). The van der Waals surface area contributed by atoms with Crippen LogP contribution in [0.5, 0.6) is 5.75 Å². The Kier molecular flexibility index (Phi) is 7.92. The minimum Gasteiger partial charge on any atom is -0.492 e. The fourth-order valence-corrected chi connectivity index (χ4v) is 4.66. The van der Waals surface area contributed by atoms with Crippen molar-refractivity contribution in [3.63, 3.8) is 0 Å². The summed E-state index contributed by atoms with van der Waals surface area (Å²) in [6.07, 6.45) is 0.921. The minimum absolute atomic E-state index is 0.318. The third-order valence-electron chi connectivity index (χ3n) is 6.54. The molecule has 0 spiro atoms. The molecular formula is C27H34N4O4. The zero-order chi connectivity index (χ0) is 24.8. The summed E-state index contributed by atoms with van der Waals surface area (Å²) in [5.74, 6) is 0.447. The van der Waals surface area contributed by atoms with Crippen LogP contribution in [0.4, 0.5) is 10.5 Å². The Hall–Kier alpha value is -3.52. The molecule has 1 saturated heterocycles. The van der Waals surface area contributed by atoms with E-state index in [-0.39, 0.29) is 6.03 Å². The van der Waals surface area contributed by atoms with Crippen LogP contribution in [-0.4, -0.2) is 63.3 Å². The number of aryl methyl sites for hydroxylation is 1. The second-order valence-electron chi connectivity index (χ2n) is 8.67. The number of carbonyl (C=O) groups excluding carboxylic acids is 2. The first kappa shape index (κ1) is 24.6. The summed E-state index contributed by atoms with van der Waals surface area (Å²) >= 11 is 0. The lowest BCUT2D eigenvalue weighted by Gasteiger charge is -2.38. The Labute approximate surface area is 206 Å². The maximum Gasteiger partial charge on any atom is 0.338 e. The van der Waals surface area contributed by atoms with Crippen molar-refractivity contribution in [3.05, 3.63) is 70.9 Å². The van der Waals surface area contributed by atoms with Crippen molar-refractivity contribution < 1.29 is 19.1 Å². The van der Waals surface area contributed by atoms with Gasteiger partial charge in [-0.15, -0.1) is 0 Å². The van der Waals surface area contributed by atoms with Crippen LogP contribution in [0.2, 0.25) is 0 Å². The lowest BCUT2D eigenvalue weighted by Crippen LogP contribution is -2.51. The largest absolute Gasteiger partial charge is 0.492 e. The zero-order valence-electron chi connectivity index (χ0n) is 20.7. The van der Waals surface area contributed by atoms with E-state index in [1.165, 1.54) is 12.7 Å². The van der Waals surface area contributed by atoms with Crippen LogP contribution in [0.25, 0.3) is 0 Å². The molecule has 0 bridgehead atoms. The first-order valence-corrected chi connectivity index (χ1v) is 12.2. The van der Waals surface area contributed by atoms with Gasteiger partial charge in [0.15, 0.2) is 0 Å². The van der Waals surface area contributed by atoms with Gasteiger partial charge in [0, 0.05) is 38.4 Å². The predicted octanol–water partition coefficient (Wildman–Crippen LogP) is 3.25. The number of para-hydroxylation sites is 2. The van der Waals surface area contributed by atoms with Crippen LogP contribution in [0, 0.1) is 0 Å². The van der Waals surface area contributed by atoms with Gasteiger partial charge in [-0.1, -0.05) is 43.3 Å². The average Bonchev–Trinajstić information content (AvgIpc) is 2.89. The molecule has 2 aliphatic heterocycles. The van der Waals surface area contributed by atoms with Gasteiger partial charge >= 0.3 is 12.0 Å². The summed E-state index contributed by atoms with van der Waals surface area (Å²) in [4.78, 5) is 30.0. The second kappa shape index (κ2) is 11.3. The number of esters is 1. The van der Waals surface area contributed by atoms with E-state index >= 15 is 0 Å². The molecule has 0 saturated carbocycles. The normalized spacial score (nSPS) is 18.7. The highest BCUT2D eigenvalue weighted by atomic mass is 16.5. The smallest absolute Gasteiger partial charge is 0.338 e. The van der Waals surface area contributed by atoms with Gasteiger partial charge < -0.3 is 25.0 Å². The number of piperazine rings is 1. The highest BCUT2D eigenvalue weighted by Gasteiger charge is 2.34. The van der Waals surface area contributed by atoms with Crippen molar-refractivity contribution >= 4 is 17.7 Å². The standard InChI is InChI=1S/C27H34N4O4/c1-4-19-10-12-20(13-11-19)25-24(26(32)34-3)21(28-27(33)29-25)18-30-14-16-31(17-15-30)22-8-6-7-9-23(22)35-5-2/h6-13,25H,4-5,14-18H2,1-3H3,(H2,28,29,33)/t25-/m1/s1. The molecule has 0 aromatic heterocycles. The van der Waals surface area contributed by atoms with Crippen molar-refractivity contribution in [2.75, 3.05) is 51.3 Å². The molecule has 2 aliphatic rings. The molecule has 35 heavy (non-hydrogen) atoms. The first-order valence-electron chi connectivity index (χ1n) is 12.2. The number of nitrogens with one attached hydrogen (secondary N) is 2. The molecule has 2 amide bonds. The summed E-state index contributed by atoms with van der Waals surface area (Å²) in [5.41, 5.74) is 4.18. The number of methoxy groups -OCH3 is 1. The molecule has 2 aromatic rings. The van der Waals surface area contributed by atoms with Gasteiger partial charge in [-0.05, 0) is 36.6 Å². The third-order valence-corrected chi connectivity index (χ3v) is 6.54. The van der Waals surface area contributed by atoms with Gasteiger partial charge in [0.05, 0.1) is 31.0 Å². The van der Waals surface area contributed by atoms with Crippen molar-refractivity contribution in [3.8, 4) is 5.75 Å². The first-order chi connectivity index (χ1) is 17.0. The van der Waals surface area contributed by atoms with Crippen LogP contribution in [0.1, 0.15) is 31.0 Å². The number of amides is 2. The SMILES string of the molecule is CCOc1ccccc1N1CCN(CC2=C(C(=O)OC)[C@@H](c3ccc(CC)cc3)NC(=O)N2)CC1. The summed E-state index contributed by atoms with van der Waals surface area (Å²) in [6.45, 7) is 8.38. The van der Waals surface area contributed by atoms with Crippen LogP contribution >= 0.6 is 0 Å². The molecule has 2 heterocycles. The van der Waals surface area contributed by atoms with Crippen molar-refractivity contribution in [2.45, 2.75) is 26.3 Å². The fourth-order valence-electron chi connectivity index (χ4n) is 4.66. The molecule has 2 aromatic carbocycles. The van der Waals surface area contributed by atoms with Crippen molar-refractivity contribution in [1.82, 2.24) is 15.5 Å². The van der Waals surface area contributed by atoms with E-state index in [0.29, 0.717) is 24.4 Å². The Morgan fingerprint density at radius 3 is 2.40 bits per heavy atom. The molecule has 0 radical (unpaired) electrons. The van der Waals surface area contributed by atoms with Crippen LogP contribution in [0.3, 0.4) is 0 Å². The number of hydrogen-bond acceptors (Lipinski definition) is 6. The van der Waals surface area contributed by atoms with E-state index in [1.807, 2.05) is 49.4 Å². The summed E-state index contributed by atoms with van der Waals surface area (Å²) < 4.78 is 10.9. The molecule has 8 heteroatoms. The Balaban J connectivity index is 1.53. The molecule has 1 atom stereocenters. The van der Waals surface area contributed by atoms with Crippen LogP contribution in [0.15, 0.2) is 59.8 Å². The number of nitrogens with zero attached hydrogens (tertiary/aromatic N) is 2. The number of anilines is 1. The molecule has 0 aliphatic carbocycles. The van der Waals surface area contributed by atoms with Gasteiger partial charge in [0.2, 0.25) is 0 Å². The lowest BCUT2D eigenvalue weighted by atomic mass is 9.94. The summed E-state index contributed by atoms with van der Waals surface area (Å²) in [7, 11) is 1.37. The fraction of sp³-hybridized carbons (Fsp3) is 0.407. The number of rotatable bonds is 8. The molecular weight excluding hydrogens is 444 g/mol. The predicted molar refractivity (Wildman–Crippen MR) is 136 cm³/mol. The number of hydrogen-bond donors (Lipinski definition) is 2. The lowest BCUT2D eigenvalue weighted by molar-refractivity contribution is -0.136. The van der Waals surface area contributed by atoms with Gasteiger partial charge in [0.1, 0.15) is 5.75 Å². The summed E-state index contributed by atoms with van der Waals surface area (Å²) in [5, 5.41) is 5.77. The van der Waals surface area contributed by atoms with E-state index in [1.54, 1.807) is 0 Å². The molecule has 2 N–H and O–H groups in total. The minimum atomic E-state index is -0.559. The van der Waals surface area contributed by atoms with Gasteiger partial charge in [-0.2, -0.15) is 0 Å². The Morgan fingerprint density at radius 1 is 1.03 bits per heavy atom. The average molecular weight is 479 g/mol. The number of ether oxygens (including phenoxy) is 2. The number of benzene rings is 2. The number of urea groups is 1. The molecule has 0 unspecified atom stereocenters. The monoisotopic (exact) mass is 478 g/mol. The molecule has 186 valence electrons. The van der Waals surface area contributed by atoms with Gasteiger partial charge in [-0.25, -0.2) is 9.59 Å². The van der Waals surface area contributed by atoms with E-state index in [0.717, 1.165) is 49.6 Å². The van der Waals surface area contributed by atoms with E-state index in [2.05, 4.69) is 33.4 Å². The zero-order valence-corrected chi connectivity index (χ0v) is 20.7. The highest BCUT2D eigenvalue weighted by Crippen LogP contribution is 2.30. The molecule has 1 fully saturated rings. The van der Waals surface area contributed by atoms with Gasteiger partial charge in [-0.3, -0.25) is 4.90 Å². The second-order valence-corrected chi connectivity index (χ2v) is 8.67. The highest BCUT2D eigenvalue weighted by molar-refractivity contribution is 5.95. The quantitative estimate of drug-likeness (QED) is 0.567. The van der Waals surface area contributed by atoms with E-state index < -0.39 is 12.0 Å². The topological polar surface area (TPSA) is 83.1 Å². The van der Waals surface area contributed by atoms with Crippen molar-refractivity contribution in [2.24, 2.45) is 0 Å². The summed E-state index contributed by atoms with van der Waals surface area (Å²) in [6, 6.07) is 15.2. The third kappa shape index (κ3) is 5.59. The van der Waals surface area contributed by atoms with E-state index in [4.69, 9.17) is 9.47 Å².